The van der Waals surface area contributed by atoms with Gasteiger partial charge in [0.05, 0.1) is 5.56 Å². The van der Waals surface area contributed by atoms with E-state index >= 15 is 0 Å². The van der Waals surface area contributed by atoms with Crippen LogP contribution in [0, 0.1) is 0 Å². The summed E-state index contributed by atoms with van der Waals surface area (Å²) in [6, 6.07) is 2.40. The van der Waals surface area contributed by atoms with Gasteiger partial charge >= 0.3 is 6.18 Å². The van der Waals surface area contributed by atoms with Gasteiger partial charge in [-0.25, -0.2) is 4.98 Å². The fraction of sp³-hybridized carbons (Fsp3) is 0.444. The van der Waals surface area contributed by atoms with E-state index in [1.807, 2.05) is 6.92 Å². The van der Waals surface area contributed by atoms with Crippen LogP contribution in [-0.4, -0.2) is 18.6 Å². The van der Waals surface area contributed by atoms with Gasteiger partial charge in [-0.15, -0.1) is 0 Å². The molecule has 1 aromatic rings. The van der Waals surface area contributed by atoms with E-state index in [0.29, 0.717) is 12.4 Å². The van der Waals surface area contributed by atoms with Crippen LogP contribution in [0.2, 0.25) is 0 Å². The second kappa shape index (κ2) is 3.86. The Hall–Kier alpha value is -1.26. The molecule has 1 heterocycles. The first-order valence-electron chi connectivity index (χ1n) is 4.19. The first kappa shape index (κ1) is 10.8. The number of hydrogen-bond acceptors (Lipinski definition) is 2. The van der Waals surface area contributed by atoms with Gasteiger partial charge in [-0.1, -0.05) is 0 Å². The van der Waals surface area contributed by atoms with E-state index in [1.165, 1.54) is 6.07 Å². The quantitative estimate of drug-likeness (QED) is 0.736. The van der Waals surface area contributed by atoms with Crippen LogP contribution < -0.4 is 4.90 Å². The van der Waals surface area contributed by atoms with Crippen LogP contribution in [0.25, 0.3) is 0 Å². The topological polar surface area (TPSA) is 16.1 Å². The van der Waals surface area contributed by atoms with E-state index in [1.54, 1.807) is 11.9 Å². The molecule has 0 amide bonds. The SMILES string of the molecule is CCN(C)c1ccc(C(F)(F)F)cn1. The molecule has 1 rings (SSSR count). The Morgan fingerprint density at radius 1 is 1.36 bits per heavy atom. The number of alkyl halides is 3. The molecule has 5 heteroatoms. The summed E-state index contributed by atoms with van der Waals surface area (Å²) in [7, 11) is 1.77. The van der Waals surface area contributed by atoms with Crippen molar-refractivity contribution in [3.63, 3.8) is 0 Å². The first-order chi connectivity index (χ1) is 6.45. The minimum Gasteiger partial charge on any atom is -0.360 e. The smallest absolute Gasteiger partial charge is 0.360 e. The predicted octanol–water partition coefficient (Wildman–Crippen LogP) is 2.56. The first-order valence-corrected chi connectivity index (χ1v) is 4.19. The maximum absolute atomic E-state index is 12.1. The van der Waals surface area contributed by atoms with Crippen molar-refractivity contribution in [3.8, 4) is 0 Å². The molecule has 0 radical (unpaired) electrons. The zero-order valence-corrected chi connectivity index (χ0v) is 7.97. The third-order valence-electron chi connectivity index (χ3n) is 1.94. The molecule has 0 atom stereocenters. The molecule has 0 saturated carbocycles. The zero-order chi connectivity index (χ0) is 10.8. The van der Waals surface area contributed by atoms with Crippen LogP contribution in [-0.2, 0) is 6.18 Å². The third-order valence-corrected chi connectivity index (χ3v) is 1.94. The van der Waals surface area contributed by atoms with E-state index in [0.717, 1.165) is 12.3 Å². The minimum absolute atomic E-state index is 0.542. The van der Waals surface area contributed by atoms with Gasteiger partial charge < -0.3 is 4.90 Å². The molecule has 2 nitrogen and oxygen atoms in total. The lowest BCUT2D eigenvalue weighted by Gasteiger charge is -2.15. The van der Waals surface area contributed by atoms with Crippen molar-refractivity contribution in [2.24, 2.45) is 0 Å². The van der Waals surface area contributed by atoms with Crippen molar-refractivity contribution >= 4 is 5.82 Å². The number of halogens is 3. The number of aromatic nitrogens is 1. The highest BCUT2D eigenvalue weighted by Gasteiger charge is 2.30. The van der Waals surface area contributed by atoms with Crippen LogP contribution >= 0.6 is 0 Å². The highest BCUT2D eigenvalue weighted by Crippen LogP contribution is 2.29. The lowest BCUT2D eigenvalue weighted by atomic mass is 10.3. The fourth-order valence-electron chi connectivity index (χ4n) is 0.942. The third kappa shape index (κ3) is 2.37. The Balaban J connectivity index is 2.89. The Labute approximate surface area is 80.4 Å². The number of rotatable bonds is 2. The minimum atomic E-state index is -4.31. The summed E-state index contributed by atoms with van der Waals surface area (Å²) in [5.74, 6) is 0.542. The average Bonchev–Trinajstić information content (AvgIpc) is 2.15. The van der Waals surface area contributed by atoms with Gasteiger partial charge in [0.25, 0.3) is 0 Å². The second-order valence-electron chi connectivity index (χ2n) is 2.92. The van der Waals surface area contributed by atoms with Crippen LogP contribution in [0.3, 0.4) is 0 Å². The summed E-state index contributed by atoms with van der Waals surface area (Å²) >= 11 is 0. The molecule has 0 fully saturated rings. The van der Waals surface area contributed by atoms with Gasteiger partial charge in [-0.2, -0.15) is 13.2 Å². The van der Waals surface area contributed by atoms with Crippen LogP contribution in [0.1, 0.15) is 12.5 Å². The maximum atomic E-state index is 12.1. The Morgan fingerprint density at radius 3 is 2.36 bits per heavy atom. The van der Waals surface area contributed by atoms with E-state index in [4.69, 9.17) is 0 Å². The molecule has 1 aromatic heterocycles. The summed E-state index contributed by atoms with van der Waals surface area (Å²) < 4.78 is 36.4. The van der Waals surface area contributed by atoms with Crippen molar-refractivity contribution < 1.29 is 13.2 Å². The monoisotopic (exact) mass is 204 g/mol. The summed E-state index contributed by atoms with van der Waals surface area (Å²) in [4.78, 5) is 5.49. The Kier molecular flexibility index (Phi) is 2.98. The van der Waals surface area contributed by atoms with Crippen molar-refractivity contribution in [2.45, 2.75) is 13.1 Å². The maximum Gasteiger partial charge on any atom is 0.417 e. The van der Waals surface area contributed by atoms with Gasteiger partial charge in [0.2, 0.25) is 0 Å². The lowest BCUT2D eigenvalue weighted by Crippen LogP contribution is -2.17. The normalized spacial score (nSPS) is 11.5. The van der Waals surface area contributed by atoms with Crippen molar-refractivity contribution in [2.75, 3.05) is 18.5 Å². The number of pyridine rings is 1. The van der Waals surface area contributed by atoms with Gasteiger partial charge in [0, 0.05) is 19.8 Å². The van der Waals surface area contributed by atoms with Crippen molar-refractivity contribution in [1.82, 2.24) is 4.98 Å². The molecule has 0 saturated heterocycles. The van der Waals surface area contributed by atoms with E-state index in [-0.39, 0.29) is 0 Å². The molecule has 0 spiro atoms. The van der Waals surface area contributed by atoms with Crippen molar-refractivity contribution in [1.29, 1.82) is 0 Å². The summed E-state index contributed by atoms with van der Waals surface area (Å²) in [5.41, 5.74) is -0.717. The molecule has 0 bridgehead atoms. The van der Waals surface area contributed by atoms with E-state index in [2.05, 4.69) is 4.98 Å². The summed E-state index contributed by atoms with van der Waals surface area (Å²) in [6.07, 6.45) is -3.46. The highest BCUT2D eigenvalue weighted by atomic mass is 19.4. The Morgan fingerprint density at radius 2 is 2.00 bits per heavy atom. The largest absolute Gasteiger partial charge is 0.417 e. The fourth-order valence-corrected chi connectivity index (χ4v) is 0.942. The number of nitrogens with zero attached hydrogens (tertiary/aromatic N) is 2. The molecule has 0 aromatic carbocycles. The molecule has 78 valence electrons. The van der Waals surface area contributed by atoms with Gasteiger partial charge in [0.15, 0.2) is 0 Å². The molecule has 0 aliphatic carbocycles. The van der Waals surface area contributed by atoms with Gasteiger partial charge in [-0.3, -0.25) is 0 Å². The molecular weight excluding hydrogens is 193 g/mol. The van der Waals surface area contributed by atoms with E-state index < -0.39 is 11.7 Å². The molecule has 0 aliphatic rings. The highest BCUT2D eigenvalue weighted by molar-refractivity contribution is 5.38. The van der Waals surface area contributed by atoms with Crippen molar-refractivity contribution in [3.05, 3.63) is 23.9 Å². The van der Waals surface area contributed by atoms with Crippen LogP contribution in [0.5, 0.6) is 0 Å². The van der Waals surface area contributed by atoms with Crippen LogP contribution in [0.4, 0.5) is 19.0 Å². The van der Waals surface area contributed by atoms with Gasteiger partial charge in [-0.05, 0) is 19.1 Å². The molecular formula is C9H11F3N2. The number of hydrogen-bond donors (Lipinski definition) is 0. The average molecular weight is 204 g/mol. The Bertz CT molecular complexity index is 292. The van der Waals surface area contributed by atoms with Crippen LogP contribution in [0.15, 0.2) is 18.3 Å². The zero-order valence-electron chi connectivity index (χ0n) is 7.97. The molecule has 0 aliphatic heterocycles. The van der Waals surface area contributed by atoms with E-state index in [9.17, 15) is 13.2 Å². The summed E-state index contributed by atoms with van der Waals surface area (Å²) in [6.45, 7) is 2.61. The molecule has 0 N–H and O–H groups in total. The molecule has 14 heavy (non-hydrogen) atoms. The number of anilines is 1. The second-order valence-corrected chi connectivity index (χ2v) is 2.92. The standard InChI is InChI=1S/C9H11F3N2/c1-3-14(2)8-5-4-7(6-13-8)9(10,11)12/h4-6H,3H2,1-2H3. The predicted molar refractivity (Wildman–Crippen MR) is 48.2 cm³/mol. The summed E-state index contributed by atoms with van der Waals surface area (Å²) in [5, 5.41) is 0. The molecule has 0 unspecified atom stereocenters. The van der Waals surface area contributed by atoms with Gasteiger partial charge in [0.1, 0.15) is 5.82 Å². The lowest BCUT2D eigenvalue weighted by molar-refractivity contribution is -0.137.